The van der Waals surface area contributed by atoms with Crippen LogP contribution in [0.15, 0.2) is 17.2 Å². The summed E-state index contributed by atoms with van der Waals surface area (Å²) in [7, 11) is -3.37. The quantitative estimate of drug-likeness (QED) is 0.691. The second kappa shape index (κ2) is 7.61. The molecule has 142 valence electrons. The van der Waals surface area contributed by atoms with Gasteiger partial charge in [0.15, 0.2) is 15.6 Å². The SMILES string of the molecule is CCCn1ncc(C(=O)c2cc(C)c(S(C)(=O)=O)c(C)c2C)c1OCC. The van der Waals surface area contributed by atoms with E-state index in [1.165, 1.54) is 12.5 Å². The molecule has 0 atom stereocenters. The van der Waals surface area contributed by atoms with Crippen molar-refractivity contribution < 1.29 is 17.9 Å². The zero-order chi connectivity index (χ0) is 19.6. The summed E-state index contributed by atoms with van der Waals surface area (Å²) in [6.07, 6.45) is 3.58. The summed E-state index contributed by atoms with van der Waals surface area (Å²) >= 11 is 0. The van der Waals surface area contributed by atoms with Crippen LogP contribution in [0.3, 0.4) is 0 Å². The van der Waals surface area contributed by atoms with Gasteiger partial charge >= 0.3 is 0 Å². The van der Waals surface area contributed by atoms with Gasteiger partial charge in [-0.25, -0.2) is 13.1 Å². The van der Waals surface area contributed by atoms with Gasteiger partial charge in [0.05, 0.1) is 17.7 Å². The Morgan fingerprint density at radius 2 is 1.81 bits per heavy atom. The molecule has 0 bridgehead atoms. The van der Waals surface area contributed by atoms with Gasteiger partial charge in [-0.05, 0) is 56.9 Å². The lowest BCUT2D eigenvalue weighted by atomic mass is 9.95. The fraction of sp³-hybridized carbons (Fsp3) is 0.474. The highest BCUT2D eigenvalue weighted by Gasteiger charge is 2.25. The Morgan fingerprint density at radius 3 is 2.35 bits per heavy atom. The molecule has 0 fully saturated rings. The van der Waals surface area contributed by atoms with E-state index in [-0.39, 0.29) is 5.78 Å². The number of nitrogens with zero attached hydrogens (tertiary/aromatic N) is 2. The fourth-order valence-electron chi connectivity index (χ4n) is 3.20. The van der Waals surface area contributed by atoms with Crippen LogP contribution in [0.4, 0.5) is 0 Å². The molecule has 0 saturated carbocycles. The van der Waals surface area contributed by atoms with Crippen LogP contribution in [0.25, 0.3) is 0 Å². The first-order chi connectivity index (χ1) is 12.1. The van der Waals surface area contributed by atoms with Crippen molar-refractivity contribution in [2.24, 2.45) is 0 Å². The number of carbonyl (C=O) groups excluding carboxylic acids is 1. The van der Waals surface area contributed by atoms with Crippen LogP contribution in [-0.4, -0.2) is 36.8 Å². The van der Waals surface area contributed by atoms with Crippen LogP contribution in [-0.2, 0) is 16.4 Å². The number of carbonyl (C=O) groups is 1. The van der Waals surface area contributed by atoms with Gasteiger partial charge in [0.2, 0.25) is 5.88 Å². The molecule has 2 rings (SSSR count). The molecule has 6 nitrogen and oxygen atoms in total. The van der Waals surface area contributed by atoms with E-state index in [0.29, 0.717) is 51.7 Å². The summed E-state index contributed by atoms with van der Waals surface area (Å²) in [5, 5.41) is 4.28. The molecule has 0 saturated heterocycles. The number of aromatic nitrogens is 2. The lowest BCUT2D eigenvalue weighted by Crippen LogP contribution is -2.12. The summed E-state index contributed by atoms with van der Waals surface area (Å²) in [4.78, 5) is 13.5. The first-order valence-electron chi connectivity index (χ1n) is 8.67. The minimum atomic E-state index is -3.37. The molecule has 1 heterocycles. The molecule has 0 aliphatic rings. The number of benzene rings is 1. The molecule has 0 amide bonds. The van der Waals surface area contributed by atoms with Gasteiger partial charge in [-0.1, -0.05) is 6.92 Å². The summed E-state index contributed by atoms with van der Waals surface area (Å²) < 4.78 is 31.5. The Balaban J connectivity index is 2.62. The van der Waals surface area contributed by atoms with Crippen molar-refractivity contribution in [3.63, 3.8) is 0 Å². The minimum Gasteiger partial charge on any atom is -0.478 e. The molecule has 26 heavy (non-hydrogen) atoms. The van der Waals surface area contributed by atoms with Gasteiger partial charge in [0.1, 0.15) is 5.56 Å². The van der Waals surface area contributed by atoms with E-state index in [9.17, 15) is 13.2 Å². The molecule has 0 aliphatic carbocycles. The number of aryl methyl sites for hydroxylation is 2. The van der Waals surface area contributed by atoms with Crippen molar-refractivity contribution in [3.05, 3.63) is 40.1 Å². The van der Waals surface area contributed by atoms with Gasteiger partial charge < -0.3 is 4.74 Å². The molecule has 0 spiro atoms. The first kappa shape index (κ1) is 20.2. The van der Waals surface area contributed by atoms with Crippen molar-refractivity contribution in [1.82, 2.24) is 9.78 Å². The molecule has 1 aromatic heterocycles. The molecule has 0 N–H and O–H groups in total. The average molecular weight is 378 g/mol. The van der Waals surface area contributed by atoms with Crippen molar-refractivity contribution >= 4 is 15.6 Å². The maximum Gasteiger partial charge on any atom is 0.223 e. The van der Waals surface area contributed by atoms with Crippen LogP contribution in [0.5, 0.6) is 5.88 Å². The lowest BCUT2D eigenvalue weighted by Gasteiger charge is -2.15. The van der Waals surface area contributed by atoms with E-state index in [1.54, 1.807) is 31.5 Å². The number of sulfone groups is 1. The summed E-state index contributed by atoms with van der Waals surface area (Å²) in [5.74, 6) is 0.251. The number of hydrogen-bond donors (Lipinski definition) is 0. The smallest absolute Gasteiger partial charge is 0.223 e. The number of ether oxygens (including phenoxy) is 1. The Hall–Kier alpha value is -2.15. The van der Waals surface area contributed by atoms with Crippen LogP contribution in [0.2, 0.25) is 0 Å². The van der Waals surface area contributed by atoms with Crippen LogP contribution < -0.4 is 4.74 Å². The van der Waals surface area contributed by atoms with Crippen LogP contribution >= 0.6 is 0 Å². The van der Waals surface area contributed by atoms with E-state index in [4.69, 9.17) is 4.74 Å². The molecular weight excluding hydrogens is 352 g/mol. The molecule has 1 aromatic carbocycles. The first-order valence-corrected chi connectivity index (χ1v) is 10.6. The Kier molecular flexibility index (Phi) is 5.91. The van der Waals surface area contributed by atoms with Gasteiger partial charge in [-0.2, -0.15) is 5.10 Å². The third-order valence-corrected chi connectivity index (χ3v) is 5.76. The third-order valence-electron chi connectivity index (χ3n) is 4.39. The molecular formula is C19H26N2O4S. The number of ketones is 1. The maximum atomic E-state index is 13.2. The topological polar surface area (TPSA) is 78.3 Å². The summed E-state index contributed by atoms with van der Waals surface area (Å²) in [5.41, 5.74) is 2.71. The van der Waals surface area contributed by atoms with E-state index in [0.717, 1.165) is 6.42 Å². The largest absolute Gasteiger partial charge is 0.478 e. The average Bonchev–Trinajstić information content (AvgIpc) is 2.92. The summed E-state index contributed by atoms with van der Waals surface area (Å²) in [6, 6.07) is 1.65. The van der Waals surface area contributed by atoms with Crippen molar-refractivity contribution in [2.45, 2.75) is 52.5 Å². The predicted octanol–water partition coefficient (Wildman–Crippen LogP) is 3.25. The van der Waals surface area contributed by atoms with Crippen molar-refractivity contribution in [1.29, 1.82) is 0 Å². The van der Waals surface area contributed by atoms with Gasteiger partial charge in [0.25, 0.3) is 0 Å². The Morgan fingerprint density at radius 1 is 1.15 bits per heavy atom. The van der Waals surface area contributed by atoms with E-state index >= 15 is 0 Å². The second-order valence-electron chi connectivity index (χ2n) is 6.44. The normalized spacial score (nSPS) is 11.6. The monoisotopic (exact) mass is 378 g/mol. The highest BCUT2D eigenvalue weighted by molar-refractivity contribution is 7.90. The zero-order valence-corrected chi connectivity index (χ0v) is 17.0. The Bertz CT molecular complexity index is 943. The maximum absolute atomic E-state index is 13.2. The zero-order valence-electron chi connectivity index (χ0n) is 16.2. The highest BCUT2D eigenvalue weighted by Crippen LogP contribution is 2.30. The standard InChI is InChI=1S/C19H26N2O4S/c1-7-9-21-19(25-8-2)16(11-20-21)17(22)15-10-12(3)18(26(6,23)24)14(5)13(15)4/h10-11H,7-9H2,1-6H3. The Labute approximate surface area is 155 Å². The van der Waals surface area contributed by atoms with Crippen molar-refractivity contribution in [3.8, 4) is 5.88 Å². The highest BCUT2D eigenvalue weighted by atomic mass is 32.2. The summed E-state index contributed by atoms with van der Waals surface area (Å²) in [6.45, 7) is 10.2. The van der Waals surface area contributed by atoms with Crippen LogP contribution in [0.1, 0.15) is 52.9 Å². The lowest BCUT2D eigenvalue weighted by molar-refractivity contribution is 0.103. The van der Waals surface area contributed by atoms with Gasteiger partial charge in [-0.15, -0.1) is 0 Å². The number of rotatable bonds is 7. The molecule has 7 heteroatoms. The van der Waals surface area contributed by atoms with Crippen molar-refractivity contribution in [2.75, 3.05) is 12.9 Å². The van der Waals surface area contributed by atoms with E-state index in [1.807, 2.05) is 13.8 Å². The second-order valence-corrected chi connectivity index (χ2v) is 8.39. The van der Waals surface area contributed by atoms with E-state index < -0.39 is 9.84 Å². The van der Waals surface area contributed by atoms with Gasteiger partial charge in [-0.3, -0.25) is 4.79 Å². The van der Waals surface area contributed by atoms with Crippen LogP contribution in [0, 0.1) is 20.8 Å². The predicted molar refractivity (Wildman–Crippen MR) is 101 cm³/mol. The fourth-order valence-corrected chi connectivity index (χ4v) is 4.55. The third kappa shape index (κ3) is 3.67. The van der Waals surface area contributed by atoms with E-state index in [2.05, 4.69) is 5.10 Å². The molecule has 2 aromatic rings. The molecule has 0 radical (unpaired) electrons. The number of hydrogen-bond acceptors (Lipinski definition) is 5. The van der Waals surface area contributed by atoms with Gasteiger partial charge in [0, 0.05) is 18.4 Å². The minimum absolute atomic E-state index is 0.209. The molecule has 0 unspecified atom stereocenters. The molecule has 0 aliphatic heterocycles.